The van der Waals surface area contributed by atoms with Crippen LogP contribution in [0.1, 0.15) is 40.5 Å². The molecule has 0 saturated carbocycles. The molecule has 0 aromatic heterocycles. The van der Waals surface area contributed by atoms with E-state index in [1.54, 1.807) is 7.11 Å². The van der Waals surface area contributed by atoms with Gasteiger partial charge in [-0.05, 0) is 33.6 Å². The number of methoxy groups -OCH3 is 1. The van der Waals surface area contributed by atoms with E-state index in [0.29, 0.717) is 51.9 Å². The summed E-state index contributed by atoms with van der Waals surface area (Å²) >= 11 is 0. The minimum Gasteiger partial charge on any atom is -0.382 e. The van der Waals surface area contributed by atoms with Crippen LogP contribution < -0.4 is 5.73 Å². The fourth-order valence-corrected chi connectivity index (χ4v) is 4.78. The zero-order valence-electron chi connectivity index (χ0n) is 14.3. The van der Waals surface area contributed by atoms with E-state index in [4.69, 9.17) is 28.5 Å². The van der Waals surface area contributed by atoms with Crippen LogP contribution in [0.5, 0.6) is 0 Å². The molecule has 0 aliphatic carbocycles. The molecule has 0 amide bonds. The van der Waals surface area contributed by atoms with E-state index in [2.05, 4.69) is 0 Å². The lowest BCUT2D eigenvalue weighted by Gasteiger charge is -2.33. The lowest BCUT2D eigenvalue weighted by atomic mass is 10.1. The molecule has 0 aliphatic rings. The van der Waals surface area contributed by atoms with Gasteiger partial charge in [-0.2, -0.15) is 0 Å². The summed E-state index contributed by atoms with van der Waals surface area (Å²) in [5.74, 6) is 0. The summed E-state index contributed by atoms with van der Waals surface area (Å²) < 4.78 is 28.3. The molecule has 21 heavy (non-hydrogen) atoms. The molecule has 0 spiro atoms. The average Bonchev–Trinajstić information content (AvgIpc) is 2.46. The molecular weight excluding hydrogens is 290 g/mol. The van der Waals surface area contributed by atoms with E-state index >= 15 is 0 Å². The van der Waals surface area contributed by atoms with Gasteiger partial charge in [0, 0.05) is 33.0 Å². The summed E-state index contributed by atoms with van der Waals surface area (Å²) in [4.78, 5) is 0. The number of ether oxygens (including phenoxy) is 2. The van der Waals surface area contributed by atoms with Crippen molar-refractivity contribution in [3.63, 3.8) is 0 Å². The van der Waals surface area contributed by atoms with Gasteiger partial charge in [0.1, 0.15) is 5.72 Å². The number of hydrogen-bond donors (Lipinski definition) is 1. The second-order valence-electron chi connectivity index (χ2n) is 4.74. The monoisotopic (exact) mass is 323 g/mol. The molecule has 0 heterocycles. The van der Waals surface area contributed by atoms with E-state index in [9.17, 15) is 0 Å². The van der Waals surface area contributed by atoms with Crippen LogP contribution in [0.2, 0.25) is 6.04 Å². The Kier molecular flexibility index (Phi) is 11.5. The molecule has 0 aromatic rings. The van der Waals surface area contributed by atoms with E-state index in [1.165, 1.54) is 0 Å². The normalized spacial score (nSPS) is 15.1. The number of nitrogens with two attached hydrogens (primary N) is 1. The second-order valence-corrected chi connectivity index (χ2v) is 7.47. The van der Waals surface area contributed by atoms with Crippen molar-refractivity contribution in [2.75, 3.05) is 40.1 Å². The van der Waals surface area contributed by atoms with Crippen LogP contribution >= 0.6 is 0 Å². The van der Waals surface area contributed by atoms with Crippen molar-refractivity contribution in [1.82, 2.24) is 0 Å². The maximum absolute atomic E-state index is 6.31. The Hall–Kier alpha value is -0.0231. The van der Waals surface area contributed by atoms with Crippen molar-refractivity contribution < 1.29 is 22.8 Å². The minimum atomic E-state index is -2.66. The second kappa shape index (κ2) is 11.5. The highest BCUT2D eigenvalue weighted by Crippen LogP contribution is 2.25. The van der Waals surface area contributed by atoms with E-state index in [0.717, 1.165) is 0 Å². The first-order valence-electron chi connectivity index (χ1n) is 7.85. The van der Waals surface area contributed by atoms with Gasteiger partial charge in [0.15, 0.2) is 0 Å². The molecule has 0 aromatic carbocycles. The van der Waals surface area contributed by atoms with Crippen LogP contribution in [-0.4, -0.2) is 54.7 Å². The zero-order valence-corrected chi connectivity index (χ0v) is 15.3. The van der Waals surface area contributed by atoms with Crippen LogP contribution in [0.15, 0.2) is 0 Å². The fraction of sp³-hybridized carbons (Fsp3) is 1.00. The first kappa shape index (κ1) is 21.0. The lowest BCUT2D eigenvalue weighted by molar-refractivity contribution is -0.0670. The Balaban J connectivity index is 4.65. The van der Waals surface area contributed by atoms with Gasteiger partial charge in [0.25, 0.3) is 0 Å². The minimum absolute atomic E-state index is 0.479. The molecule has 0 aliphatic heterocycles. The Morgan fingerprint density at radius 1 is 0.905 bits per heavy atom. The maximum Gasteiger partial charge on any atom is 0.501 e. The summed E-state index contributed by atoms with van der Waals surface area (Å²) in [6.45, 7) is 10.6. The standard InChI is InChI=1S/C14H33NO5Si/c1-6-14(15,17-12-11-16-5)10-13-21(18-7-2,19-8-3)20-9-4/h6-13,15H2,1-5H3. The van der Waals surface area contributed by atoms with Crippen LogP contribution in [0.3, 0.4) is 0 Å². The van der Waals surface area contributed by atoms with Crippen LogP contribution in [0.25, 0.3) is 0 Å². The summed E-state index contributed by atoms with van der Waals surface area (Å²) in [5.41, 5.74) is 5.62. The molecular formula is C14H33NO5Si. The number of hydrogen-bond acceptors (Lipinski definition) is 6. The van der Waals surface area contributed by atoms with Crippen molar-refractivity contribution >= 4 is 8.80 Å². The molecule has 0 rings (SSSR count). The van der Waals surface area contributed by atoms with Crippen molar-refractivity contribution in [2.24, 2.45) is 5.73 Å². The highest BCUT2D eigenvalue weighted by molar-refractivity contribution is 6.60. The van der Waals surface area contributed by atoms with Gasteiger partial charge >= 0.3 is 8.80 Å². The van der Waals surface area contributed by atoms with Gasteiger partial charge in [0.05, 0.1) is 13.2 Å². The maximum atomic E-state index is 6.31. The van der Waals surface area contributed by atoms with Gasteiger partial charge in [0.2, 0.25) is 0 Å². The van der Waals surface area contributed by atoms with Gasteiger partial charge in [-0.1, -0.05) is 6.92 Å². The third kappa shape index (κ3) is 8.25. The molecule has 0 bridgehead atoms. The van der Waals surface area contributed by atoms with Gasteiger partial charge < -0.3 is 28.5 Å². The quantitative estimate of drug-likeness (QED) is 0.300. The summed E-state index contributed by atoms with van der Waals surface area (Å²) in [7, 11) is -1.02. The Bertz CT molecular complexity index is 240. The third-order valence-electron chi connectivity index (χ3n) is 3.22. The average molecular weight is 324 g/mol. The topological polar surface area (TPSA) is 72.2 Å². The van der Waals surface area contributed by atoms with Gasteiger partial charge in [-0.3, -0.25) is 0 Å². The van der Waals surface area contributed by atoms with Crippen molar-refractivity contribution in [1.29, 1.82) is 0 Å². The number of rotatable bonds is 14. The van der Waals surface area contributed by atoms with Crippen LogP contribution in [-0.2, 0) is 22.8 Å². The summed E-state index contributed by atoms with van der Waals surface area (Å²) in [6.07, 6.45) is 1.35. The molecule has 128 valence electrons. The molecule has 6 nitrogen and oxygen atoms in total. The lowest BCUT2D eigenvalue weighted by Crippen LogP contribution is -2.50. The molecule has 1 unspecified atom stereocenters. The van der Waals surface area contributed by atoms with E-state index < -0.39 is 14.5 Å². The highest BCUT2D eigenvalue weighted by atomic mass is 28.4. The summed E-state index contributed by atoms with van der Waals surface area (Å²) in [5, 5.41) is 0. The first-order valence-corrected chi connectivity index (χ1v) is 9.78. The fourth-order valence-electron chi connectivity index (χ4n) is 2.05. The Morgan fingerprint density at radius 3 is 1.81 bits per heavy atom. The first-order chi connectivity index (χ1) is 10.0. The van der Waals surface area contributed by atoms with E-state index in [1.807, 2.05) is 27.7 Å². The van der Waals surface area contributed by atoms with Gasteiger partial charge in [-0.15, -0.1) is 0 Å². The van der Waals surface area contributed by atoms with Crippen LogP contribution in [0, 0.1) is 0 Å². The Labute approximate surface area is 130 Å². The largest absolute Gasteiger partial charge is 0.501 e. The predicted octanol–water partition coefficient (Wildman–Crippen LogP) is 2.15. The molecule has 7 heteroatoms. The third-order valence-corrected chi connectivity index (χ3v) is 6.27. The highest BCUT2D eigenvalue weighted by Gasteiger charge is 2.42. The van der Waals surface area contributed by atoms with Crippen molar-refractivity contribution in [3.05, 3.63) is 0 Å². The van der Waals surface area contributed by atoms with Crippen LogP contribution in [0.4, 0.5) is 0 Å². The van der Waals surface area contributed by atoms with E-state index in [-0.39, 0.29) is 0 Å². The smallest absolute Gasteiger partial charge is 0.382 e. The molecule has 0 saturated heterocycles. The van der Waals surface area contributed by atoms with Gasteiger partial charge in [-0.25, -0.2) is 0 Å². The van der Waals surface area contributed by atoms with Crippen molar-refractivity contribution in [3.8, 4) is 0 Å². The Morgan fingerprint density at radius 2 is 1.43 bits per heavy atom. The molecule has 1 atom stereocenters. The zero-order chi connectivity index (χ0) is 16.2. The van der Waals surface area contributed by atoms with Crippen molar-refractivity contribution in [2.45, 2.75) is 52.3 Å². The summed E-state index contributed by atoms with van der Waals surface area (Å²) in [6, 6.07) is 0.653. The molecule has 2 N–H and O–H groups in total. The predicted molar refractivity (Wildman–Crippen MR) is 85.1 cm³/mol. The molecule has 0 radical (unpaired) electrons. The SMILES string of the molecule is CCO[Si](CCC(N)(CC)OCCOC)(OCC)OCC. The molecule has 0 fully saturated rings.